The number of sulfonamides is 1. The lowest BCUT2D eigenvalue weighted by Gasteiger charge is -2.26. The van der Waals surface area contributed by atoms with Crippen LogP contribution in [0.4, 0.5) is 0 Å². The highest BCUT2D eigenvalue weighted by atomic mass is 32.2. The van der Waals surface area contributed by atoms with Crippen LogP contribution in [0.3, 0.4) is 0 Å². The van der Waals surface area contributed by atoms with E-state index >= 15 is 0 Å². The Morgan fingerprint density at radius 3 is 2.24 bits per heavy atom. The third kappa shape index (κ3) is 3.69. The Bertz CT molecular complexity index is 427. The van der Waals surface area contributed by atoms with Crippen molar-refractivity contribution in [2.24, 2.45) is 5.92 Å². The second-order valence-corrected chi connectivity index (χ2v) is 6.47. The summed E-state index contributed by atoms with van der Waals surface area (Å²) in [6.45, 7) is 1.32. The molecule has 1 fully saturated rings. The predicted molar refractivity (Wildman–Crippen MR) is 63.1 cm³/mol. The summed E-state index contributed by atoms with van der Waals surface area (Å²) in [5.41, 5.74) is 0. The number of hydrogen-bond acceptors (Lipinski definition) is 4. The van der Waals surface area contributed by atoms with E-state index in [4.69, 9.17) is 10.5 Å². The summed E-state index contributed by atoms with van der Waals surface area (Å²) in [6, 6.07) is 2.99. The molecule has 1 N–H and O–H groups in total. The minimum absolute atomic E-state index is 0.0782. The van der Waals surface area contributed by atoms with Crippen LogP contribution in [-0.4, -0.2) is 19.7 Å². The Kier molecular flexibility index (Phi) is 4.92. The summed E-state index contributed by atoms with van der Waals surface area (Å²) in [5.74, 6) is 0.0782. The Morgan fingerprint density at radius 2 is 1.76 bits per heavy atom. The summed E-state index contributed by atoms with van der Waals surface area (Å²) in [4.78, 5) is 0. The van der Waals surface area contributed by atoms with E-state index in [0.717, 1.165) is 32.1 Å². The zero-order valence-corrected chi connectivity index (χ0v) is 10.7. The van der Waals surface area contributed by atoms with Crippen molar-refractivity contribution in [2.75, 3.05) is 0 Å². The molecule has 0 bridgehead atoms. The van der Waals surface area contributed by atoms with Crippen LogP contribution in [-0.2, 0) is 10.0 Å². The van der Waals surface area contributed by atoms with E-state index in [1.807, 2.05) is 6.07 Å². The maximum atomic E-state index is 11.7. The minimum atomic E-state index is -3.70. The van der Waals surface area contributed by atoms with Crippen LogP contribution in [0.2, 0.25) is 0 Å². The molecule has 2 atom stereocenters. The smallest absolute Gasteiger partial charge is 0.211 e. The number of nitrogens with zero attached hydrogens (tertiary/aromatic N) is 2. The number of rotatable bonds is 4. The first-order chi connectivity index (χ1) is 8.01. The first-order valence-corrected chi connectivity index (χ1v) is 7.36. The van der Waals surface area contributed by atoms with Crippen molar-refractivity contribution in [2.45, 2.75) is 50.3 Å². The number of hydrogen-bond donors (Lipinski definition) is 1. The van der Waals surface area contributed by atoms with Crippen molar-refractivity contribution < 1.29 is 8.42 Å². The van der Waals surface area contributed by atoms with Crippen LogP contribution in [0.25, 0.3) is 0 Å². The standard InChI is InChI=1S/C11H17N3O2S/c1-9(7-12)17(15,16)14-11(8-13)10-5-3-2-4-6-10/h9-11,14H,2-6H2,1H3. The monoisotopic (exact) mass is 255 g/mol. The van der Waals surface area contributed by atoms with Gasteiger partial charge in [-0.1, -0.05) is 19.3 Å². The molecule has 0 aliphatic heterocycles. The predicted octanol–water partition coefficient (Wildman–Crippen LogP) is 1.29. The van der Waals surface area contributed by atoms with Crippen LogP contribution in [0.5, 0.6) is 0 Å². The van der Waals surface area contributed by atoms with Gasteiger partial charge < -0.3 is 0 Å². The van der Waals surface area contributed by atoms with Crippen molar-refractivity contribution >= 4 is 10.0 Å². The molecule has 0 aromatic carbocycles. The Morgan fingerprint density at radius 1 is 1.18 bits per heavy atom. The third-order valence-electron chi connectivity index (χ3n) is 3.20. The van der Waals surface area contributed by atoms with Gasteiger partial charge in [-0.3, -0.25) is 0 Å². The maximum absolute atomic E-state index is 11.7. The molecule has 6 heteroatoms. The van der Waals surface area contributed by atoms with Gasteiger partial charge in [0.05, 0.1) is 12.1 Å². The molecule has 0 spiro atoms. The van der Waals surface area contributed by atoms with Crippen LogP contribution in [0.1, 0.15) is 39.0 Å². The van der Waals surface area contributed by atoms with Crippen molar-refractivity contribution in [3.8, 4) is 12.1 Å². The summed E-state index contributed by atoms with van der Waals surface area (Å²) in [6.07, 6.45) is 4.98. The maximum Gasteiger partial charge on any atom is 0.228 e. The second kappa shape index (κ2) is 6.00. The van der Waals surface area contributed by atoms with Crippen LogP contribution >= 0.6 is 0 Å². The van der Waals surface area contributed by atoms with Crippen LogP contribution in [0, 0.1) is 28.6 Å². The molecular weight excluding hydrogens is 238 g/mol. The molecular formula is C11H17N3O2S. The molecule has 0 amide bonds. The van der Waals surface area contributed by atoms with Gasteiger partial charge in [0, 0.05) is 0 Å². The van der Waals surface area contributed by atoms with Crippen molar-refractivity contribution in [1.29, 1.82) is 10.5 Å². The highest BCUT2D eigenvalue weighted by Gasteiger charge is 2.30. The van der Waals surface area contributed by atoms with Gasteiger partial charge >= 0.3 is 0 Å². The average molecular weight is 255 g/mol. The lowest BCUT2D eigenvalue weighted by atomic mass is 9.85. The van der Waals surface area contributed by atoms with E-state index < -0.39 is 21.3 Å². The fourth-order valence-electron chi connectivity index (χ4n) is 2.04. The SMILES string of the molecule is CC(C#N)S(=O)(=O)NC(C#N)C1CCCCC1. The quantitative estimate of drug-likeness (QED) is 0.819. The zero-order valence-electron chi connectivity index (χ0n) is 9.89. The van der Waals surface area contributed by atoms with E-state index in [2.05, 4.69) is 4.72 Å². The van der Waals surface area contributed by atoms with Crippen molar-refractivity contribution in [3.63, 3.8) is 0 Å². The zero-order chi connectivity index (χ0) is 12.9. The lowest BCUT2D eigenvalue weighted by molar-refractivity contribution is 0.323. The van der Waals surface area contributed by atoms with Gasteiger partial charge in [0.2, 0.25) is 10.0 Å². The number of nitriles is 2. The van der Waals surface area contributed by atoms with E-state index in [1.165, 1.54) is 6.92 Å². The van der Waals surface area contributed by atoms with E-state index in [0.29, 0.717) is 0 Å². The molecule has 1 aliphatic rings. The lowest BCUT2D eigenvalue weighted by Crippen LogP contribution is -2.43. The van der Waals surface area contributed by atoms with E-state index in [1.54, 1.807) is 6.07 Å². The van der Waals surface area contributed by atoms with Gasteiger partial charge in [-0.15, -0.1) is 0 Å². The Hall–Kier alpha value is -1.11. The summed E-state index contributed by atoms with van der Waals surface area (Å²) < 4.78 is 25.7. The normalized spacial score (nSPS) is 21.1. The molecule has 17 heavy (non-hydrogen) atoms. The van der Waals surface area contributed by atoms with Gasteiger partial charge in [-0.2, -0.15) is 15.2 Å². The van der Waals surface area contributed by atoms with Crippen LogP contribution < -0.4 is 4.72 Å². The van der Waals surface area contributed by atoms with Gasteiger partial charge in [-0.25, -0.2) is 8.42 Å². The third-order valence-corrected chi connectivity index (χ3v) is 4.82. The molecule has 0 heterocycles. The van der Waals surface area contributed by atoms with Gasteiger partial charge in [0.1, 0.15) is 6.04 Å². The van der Waals surface area contributed by atoms with E-state index in [9.17, 15) is 8.42 Å². The largest absolute Gasteiger partial charge is 0.228 e. The van der Waals surface area contributed by atoms with Gasteiger partial charge in [-0.05, 0) is 25.7 Å². The number of nitrogens with one attached hydrogen (secondary N) is 1. The highest BCUT2D eigenvalue weighted by molar-refractivity contribution is 7.90. The first kappa shape index (κ1) is 14.0. The summed E-state index contributed by atoms with van der Waals surface area (Å²) in [5, 5.41) is 16.5. The molecule has 1 aliphatic carbocycles. The molecule has 5 nitrogen and oxygen atoms in total. The Balaban J connectivity index is 2.71. The first-order valence-electron chi connectivity index (χ1n) is 5.81. The average Bonchev–Trinajstić information content (AvgIpc) is 2.36. The molecule has 0 aromatic heterocycles. The second-order valence-electron chi connectivity index (χ2n) is 4.44. The summed E-state index contributed by atoms with van der Waals surface area (Å²) >= 11 is 0. The molecule has 0 aromatic rings. The summed E-state index contributed by atoms with van der Waals surface area (Å²) in [7, 11) is -3.70. The molecule has 1 rings (SSSR count). The van der Waals surface area contributed by atoms with Crippen molar-refractivity contribution in [3.05, 3.63) is 0 Å². The van der Waals surface area contributed by atoms with Gasteiger partial charge in [0.25, 0.3) is 0 Å². The molecule has 1 saturated carbocycles. The van der Waals surface area contributed by atoms with Crippen molar-refractivity contribution in [1.82, 2.24) is 4.72 Å². The molecule has 94 valence electrons. The molecule has 2 unspecified atom stereocenters. The fourth-order valence-corrected chi connectivity index (χ4v) is 2.99. The van der Waals surface area contributed by atoms with Crippen LogP contribution in [0.15, 0.2) is 0 Å². The molecule has 0 radical (unpaired) electrons. The fraction of sp³-hybridized carbons (Fsp3) is 0.818. The topological polar surface area (TPSA) is 93.8 Å². The highest BCUT2D eigenvalue weighted by Crippen LogP contribution is 2.26. The molecule has 0 saturated heterocycles. The van der Waals surface area contributed by atoms with Gasteiger partial charge in [0.15, 0.2) is 5.25 Å². The van der Waals surface area contributed by atoms with E-state index in [-0.39, 0.29) is 5.92 Å². The Labute approximate surface area is 102 Å². The minimum Gasteiger partial charge on any atom is -0.211 e.